The van der Waals surface area contributed by atoms with Gasteiger partial charge < -0.3 is 10.5 Å². The second kappa shape index (κ2) is 5.22. The summed E-state index contributed by atoms with van der Waals surface area (Å²) in [7, 11) is 0. The molecule has 0 bridgehead atoms. The molecule has 100 valence electrons. The van der Waals surface area contributed by atoms with Crippen molar-refractivity contribution in [3.05, 3.63) is 23.4 Å². The number of nitrogens with zero attached hydrogens (tertiary/aromatic N) is 1. The minimum absolute atomic E-state index is 0.134. The molecule has 1 aliphatic rings. The maximum atomic E-state index is 5.97. The summed E-state index contributed by atoms with van der Waals surface area (Å²) in [5.74, 6) is 6.24. The number of aryl methyl sites for hydroxylation is 1. The quantitative estimate of drug-likeness (QED) is 0.558. The Morgan fingerprint density at radius 3 is 2.89 bits per heavy atom. The van der Waals surface area contributed by atoms with E-state index in [1.165, 1.54) is 0 Å². The molecular formula is C13H22N4O. The number of nitrogens with one attached hydrogen (secondary N) is 1. The van der Waals surface area contributed by atoms with Crippen molar-refractivity contribution in [1.29, 1.82) is 0 Å². The number of hydrazine groups is 1. The Labute approximate surface area is 108 Å². The van der Waals surface area contributed by atoms with E-state index >= 15 is 0 Å². The van der Waals surface area contributed by atoms with E-state index in [1.807, 2.05) is 13.0 Å². The number of anilines is 1. The van der Waals surface area contributed by atoms with Crippen molar-refractivity contribution in [1.82, 2.24) is 10.4 Å². The zero-order valence-corrected chi connectivity index (χ0v) is 11.1. The Morgan fingerprint density at radius 2 is 2.28 bits per heavy atom. The third-order valence-corrected chi connectivity index (χ3v) is 3.67. The number of nitrogen functional groups attached to an aromatic ring is 1. The SMILES string of the molecule is Cc1cnc(N)c(C(NN)C2(C)CCCCO2)c1. The van der Waals surface area contributed by atoms with Gasteiger partial charge in [-0.2, -0.15) is 0 Å². The van der Waals surface area contributed by atoms with Crippen LogP contribution in [0.3, 0.4) is 0 Å². The van der Waals surface area contributed by atoms with E-state index in [-0.39, 0.29) is 11.6 Å². The highest BCUT2D eigenvalue weighted by Gasteiger charge is 2.38. The highest BCUT2D eigenvalue weighted by atomic mass is 16.5. The molecule has 0 spiro atoms. The maximum absolute atomic E-state index is 5.97. The van der Waals surface area contributed by atoms with Crippen molar-refractivity contribution in [2.45, 2.75) is 44.8 Å². The Bertz CT molecular complexity index is 415. The average molecular weight is 250 g/mol. The molecule has 2 unspecified atom stereocenters. The molecule has 2 rings (SSSR count). The van der Waals surface area contributed by atoms with Gasteiger partial charge in [0, 0.05) is 18.4 Å². The van der Waals surface area contributed by atoms with Crippen molar-refractivity contribution in [3.8, 4) is 0 Å². The zero-order chi connectivity index (χ0) is 13.2. The van der Waals surface area contributed by atoms with Gasteiger partial charge in [0.05, 0.1) is 11.6 Å². The summed E-state index contributed by atoms with van der Waals surface area (Å²) in [5, 5.41) is 0. The van der Waals surface area contributed by atoms with Crippen LogP contribution < -0.4 is 17.0 Å². The summed E-state index contributed by atoms with van der Waals surface area (Å²) in [5.41, 5.74) is 10.5. The summed E-state index contributed by atoms with van der Waals surface area (Å²) in [4.78, 5) is 4.20. The van der Waals surface area contributed by atoms with E-state index in [2.05, 4.69) is 17.3 Å². The lowest BCUT2D eigenvalue weighted by Gasteiger charge is -2.40. The molecule has 1 saturated heterocycles. The summed E-state index contributed by atoms with van der Waals surface area (Å²) in [6.07, 6.45) is 4.98. The van der Waals surface area contributed by atoms with Crippen LogP contribution in [0.4, 0.5) is 5.82 Å². The lowest BCUT2D eigenvalue weighted by molar-refractivity contribution is -0.0898. The second-order valence-corrected chi connectivity index (χ2v) is 5.21. The highest BCUT2D eigenvalue weighted by Crippen LogP contribution is 2.37. The Balaban J connectivity index is 2.35. The second-order valence-electron chi connectivity index (χ2n) is 5.21. The molecule has 18 heavy (non-hydrogen) atoms. The number of hydrogen-bond acceptors (Lipinski definition) is 5. The van der Waals surface area contributed by atoms with Crippen LogP contribution in [-0.2, 0) is 4.74 Å². The van der Waals surface area contributed by atoms with Crippen molar-refractivity contribution < 1.29 is 4.74 Å². The topological polar surface area (TPSA) is 86.2 Å². The number of rotatable bonds is 3. The molecule has 5 heteroatoms. The fraction of sp³-hybridized carbons (Fsp3) is 0.615. The zero-order valence-electron chi connectivity index (χ0n) is 11.1. The molecule has 5 N–H and O–H groups in total. The minimum atomic E-state index is -0.323. The molecule has 2 atom stereocenters. The highest BCUT2D eigenvalue weighted by molar-refractivity contribution is 5.44. The Kier molecular flexibility index (Phi) is 3.85. The van der Waals surface area contributed by atoms with Gasteiger partial charge in [-0.05, 0) is 44.7 Å². The minimum Gasteiger partial charge on any atom is -0.383 e. The first-order valence-corrected chi connectivity index (χ1v) is 6.39. The van der Waals surface area contributed by atoms with E-state index < -0.39 is 0 Å². The van der Waals surface area contributed by atoms with Crippen LogP contribution in [0.5, 0.6) is 0 Å². The van der Waals surface area contributed by atoms with Gasteiger partial charge in [-0.1, -0.05) is 0 Å². The van der Waals surface area contributed by atoms with Gasteiger partial charge in [-0.15, -0.1) is 0 Å². The first-order chi connectivity index (χ1) is 8.57. The summed E-state index contributed by atoms with van der Waals surface area (Å²) < 4.78 is 5.94. The van der Waals surface area contributed by atoms with Crippen LogP contribution in [0.2, 0.25) is 0 Å². The summed E-state index contributed by atoms with van der Waals surface area (Å²) in [6.45, 7) is 4.85. The average Bonchev–Trinajstić information content (AvgIpc) is 2.35. The molecule has 1 aliphatic heterocycles. The van der Waals surface area contributed by atoms with Gasteiger partial charge in [-0.25, -0.2) is 10.4 Å². The molecule has 0 radical (unpaired) electrons. The van der Waals surface area contributed by atoms with Crippen molar-refractivity contribution in [2.24, 2.45) is 5.84 Å². The molecule has 1 fully saturated rings. The molecule has 0 saturated carbocycles. The first-order valence-electron chi connectivity index (χ1n) is 6.39. The van der Waals surface area contributed by atoms with Crippen molar-refractivity contribution in [3.63, 3.8) is 0 Å². The lowest BCUT2D eigenvalue weighted by Crippen LogP contribution is -2.48. The molecule has 1 aromatic heterocycles. The van der Waals surface area contributed by atoms with Crippen LogP contribution in [0.1, 0.15) is 43.4 Å². The predicted molar refractivity (Wildman–Crippen MR) is 71.7 cm³/mol. The lowest BCUT2D eigenvalue weighted by atomic mass is 9.84. The fourth-order valence-corrected chi connectivity index (χ4v) is 2.61. The third kappa shape index (κ3) is 2.48. The van der Waals surface area contributed by atoms with Gasteiger partial charge in [-0.3, -0.25) is 5.84 Å². The van der Waals surface area contributed by atoms with E-state index in [0.717, 1.165) is 37.0 Å². The number of hydrogen-bond donors (Lipinski definition) is 3. The Morgan fingerprint density at radius 1 is 1.50 bits per heavy atom. The number of aromatic nitrogens is 1. The Hall–Kier alpha value is -1.17. The third-order valence-electron chi connectivity index (χ3n) is 3.67. The van der Waals surface area contributed by atoms with Gasteiger partial charge in [0.2, 0.25) is 0 Å². The number of ether oxygens (including phenoxy) is 1. The van der Waals surface area contributed by atoms with Crippen LogP contribution in [-0.4, -0.2) is 17.2 Å². The van der Waals surface area contributed by atoms with Gasteiger partial charge in [0.15, 0.2) is 0 Å². The molecule has 0 amide bonds. The summed E-state index contributed by atoms with van der Waals surface area (Å²) in [6, 6.07) is 1.89. The molecular weight excluding hydrogens is 228 g/mol. The van der Waals surface area contributed by atoms with E-state index in [1.54, 1.807) is 6.20 Å². The molecule has 0 aliphatic carbocycles. The number of nitrogens with two attached hydrogens (primary N) is 2. The van der Waals surface area contributed by atoms with Crippen LogP contribution >= 0.6 is 0 Å². The van der Waals surface area contributed by atoms with Gasteiger partial charge in [0.25, 0.3) is 0 Å². The molecule has 0 aromatic carbocycles. The van der Waals surface area contributed by atoms with E-state index in [0.29, 0.717) is 5.82 Å². The van der Waals surface area contributed by atoms with Crippen LogP contribution in [0.25, 0.3) is 0 Å². The van der Waals surface area contributed by atoms with Crippen molar-refractivity contribution >= 4 is 5.82 Å². The number of pyridine rings is 1. The largest absolute Gasteiger partial charge is 0.383 e. The van der Waals surface area contributed by atoms with E-state index in [4.69, 9.17) is 16.3 Å². The monoisotopic (exact) mass is 250 g/mol. The van der Waals surface area contributed by atoms with Crippen molar-refractivity contribution in [2.75, 3.05) is 12.3 Å². The molecule has 1 aromatic rings. The van der Waals surface area contributed by atoms with Gasteiger partial charge >= 0.3 is 0 Å². The van der Waals surface area contributed by atoms with Gasteiger partial charge in [0.1, 0.15) is 5.82 Å². The molecule has 2 heterocycles. The first kappa shape index (κ1) is 13.3. The van der Waals surface area contributed by atoms with Crippen LogP contribution in [0, 0.1) is 6.92 Å². The normalized spacial score (nSPS) is 25.9. The van der Waals surface area contributed by atoms with E-state index in [9.17, 15) is 0 Å². The molecule has 5 nitrogen and oxygen atoms in total. The predicted octanol–water partition coefficient (Wildman–Crippen LogP) is 1.44. The summed E-state index contributed by atoms with van der Waals surface area (Å²) >= 11 is 0. The standard InChI is InChI=1S/C13H22N4O/c1-9-7-10(12(14)16-8-9)11(17-15)13(2)5-3-4-6-18-13/h7-8,11,17H,3-6,15H2,1-2H3,(H2,14,16). The maximum Gasteiger partial charge on any atom is 0.128 e. The van der Waals surface area contributed by atoms with Crippen LogP contribution in [0.15, 0.2) is 12.3 Å². The smallest absolute Gasteiger partial charge is 0.128 e. The fourth-order valence-electron chi connectivity index (χ4n) is 2.61.